The van der Waals surface area contributed by atoms with Crippen molar-refractivity contribution in [3.05, 3.63) is 59.7 Å². The second-order valence-electron chi connectivity index (χ2n) is 18.7. The van der Waals surface area contributed by atoms with Crippen molar-refractivity contribution in [1.29, 1.82) is 0 Å². The van der Waals surface area contributed by atoms with E-state index in [4.69, 9.17) is 23.2 Å². The molecule has 0 bridgehead atoms. The number of likely N-dealkylation sites (tertiary alicyclic amines) is 1. The second kappa shape index (κ2) is 35.2. The molecule has 2 amide bonds. The van der Waals surface area contributed by atoms with E-state index in [1.807, 2.05) is 39.0 Å². The molecule has 0 aliphatic carbocycles. The molecule has 67 heavy (non-hydrogen) atoms. The number of rotatable bonds is 4. The van der Waals surface area contributed by atoms with Gasteiger partial charge in [0, 0.05) is 74.0 Å². The number of hydrogen-bond acceptors (Lipinski definition) is 11. The molecule has 0 aromatic heterocycles. The van der Waals surface area contributed by atoms with E-state index in [1.54, 1.807) is 0 Å². The Hall–Kier alpha value is -2.98. The van der Waals surface area contributed by atoms with Gasteiger partial charge in [-0.25, -0.2) is 19.4 Å². The van der Waals surface area contributed by atoms with Gasteiger partial charge in [0.05, 0.1) is 0 Å². The summed E-state index contributed by atoms with van der Waals surface area (Å²) in [6.45, 7) is 22.2. The Kier molecular flexibility index (Phi) is 35.9. The third-order valence-corrected chi connectivity index (χ3v) is 11.5. The van der Waals surface area contributed by atoms with Crippen LogP contribution in [0.4, 0.5) is 11.4 Å². The molecule has 4 heterocycles. The number of benzene rings is 2. The van der Waals surface area contributed by atoms with Gasteiger partial charge in [-0.3, -0.25) is 14.4 Å². The van der Waals surface area contributed by atoms with Gasteiger partial charge in [-0.15, -0.1) is 23.2 Å². The number of aldehydes is 1. The number of nitrogens with zero attached hydrogens (tertiary/aromatic N) is 1. The van der Waals surface area contributed by atoms with Gasteiger partial charge >= 0.3 is 41.5 Å². The van der Waals surface area contributed by atoms with Gasteiger partial charge in [0.25, 0.3) is 0 Å². The molecule has 2 fully saturated rings. The summed E-state index contributed by atoms with van der Waals surface area (Å²) in [6.07, 6.45) is 10.7. The first-order chi connectivity index (χ1) is 30.1. The van der Waals surface area contributed by atoms with Crippen molar-refractivity contribution in [2.45, 2.75) is 152 Å². The Bertz CT molecular complexity index is 1750. The number of carbonyl (C=O) groups is 6. The quantitative estimate of drug-likeness (QED) is 0.0928. The minimum atomic E-state index is -0.639. The van der Waals surface area contributed by atoms with Gasteiger partial charge in [0.15, 0.2) is 0 Å². The maximum Gasteiger partial charge on any atom is 1.00 e. The number of halogens is 2. The summed E-state index contributed by atoms with van der Waals surface area (Å²) in [4.78, 5) is 73.0. The Balaban J connectivity index is -0.000000819. The van der Waals surface area contributed by atoms with Crippen molar-refractivity contribution in [2.24, 2.45) is 10.8 Å². The monoisotopic (exact) mass is 986 g/mol. The van der Waals surface area contributed by atoms with Gasteiger partial charge in [-0.2, -0.15) is 0 Å². The van der Waals surface area contributed by atoms with Crippen LogP contribution in [0.3, 0.4) is 0 Å². The smallest absolute Gasteiger partial charge is 0.793 e. The summed E-state index contributed by atoms with van der Waals surface area (Å²) >= 11 is 10.1. The van der Waals surface area contributed by atoms with E-state index in [2.05, 4.69) is 94.4 Å². The fourth-order valence-corrected chi connectivity index (χ4v) is 7.52. The molecule has 2 aromatic carbocycles. The van der Waals surface area contributed by atoms with Crippen molar-refractivity contribution in [3.63, 3.8) is 0 Å². The molecule has 2 aromatic rings. The minimum absolute atomic E-state index is 0. The maximum absolute atomic E-state index is 12.0. The zero-order valence-corrected chi connectivity index (χ0v) is 44.2. The minimum Gasteiger partial charge on any atom is -0.793 e. The first-order valence-electron chi connectivity index (χ1n) is 22.1. The first kappa shape index (κ1) is 68.3. The molecule has 0 saturated carbocycles. The van der Waals surface area contributed by atoms with Gasteiger partial charge in [0.2, 0.25) is 17.8 Å². The van der Waals surface area contributed by atoms with Gasteiger partial charge in [-0.05, 0) is 112 Å². The van der Waals surface area contributed by atoms with Crippen LogP contribution >= 0.6 is 23.2 Å². The summed E-state index contributed by atoms with van der Waals surface area (Å²) in [5.41, 5.74) is 5.75. The van der Waals surface area contributed by atoms with Crippen molar-refractivity contribution in [2.75, 3.05) is 55.1 Å². The van der Waals surface area contributed by atoms with Crippen LogP contribution in [0.15, 0.2) is 48.5 Å². The molecule has 2 spiro atoms. The fourth-order valence-electron chi connectivity index (χ4n) is 7.52. The number of para-hydroxylation sites is 2. The van der Waals surface area contributed by atoms with Crippen molar-refractivity contribution < 1.29 is 72.8 Å². The number of hydrogen-bond donors (Lipinski definition) is 3. The van der Waals surface area contributed by atoms with Crippen molar-refractivity contribution >= 4 is 78.6 Å². The van der Waals surface area contributed by atoms with E-state index >= 15 is 0 Å². The summed E-state index contributed by atoms with van der Waals surface area (Å²) in [7, 11) is 4.32. The molecule has 3 N–H and O–H groups in total. The fraction of sp³-hybridized carbons (Fsp3) is 0.640. The summed E-state index contributed by atoms with van der Waals surface area (Å²) in [5, 5.41) is 9.55. The van der Waals surface area contributed by atoms with Crippen LogP contribution in [0, 0.1) is 10.8 Å². The predicted octanol–water partition coefficient (Wildman–Crippen LogP) is 7.25. The van der Waals surface area contributed by atoms with E-state index in [-0.39, 0.29) is 72.5 Å². The van der Waals surface area contributed by atoms with Crippen LogP contribution in [0.5, 0.6) is 0 Å². The first-order valence-corrected chi connectivity index (χ1v) is 23.1. The number of anilines is 2. The molecular weight excluding hydrogens is 905 g/mol. The summed E-state index contributed by atoms with van der Waals surface area (Å²) in [6, 6.07) is 16.7. The van der Waals surface area contributed by atoms with Crippen LogP contribution in [0.25, 0.3) is 0 Å². The SMILES string of the molecule is C.C.CC(=O)OOC(C)=O.CC(C)(C)CC=O.CC(C)(C)CCN1CCC2(CCC(=O)Nc3ccccc32)CC1.ClCCCl.O=C1CCC2(CCNCC2)c2ccccc2N1.[B-]OC(C)=O.[Na+]. The molecule has 6 rings (SSSR count). The number of amides is 2. The number of alkyl halides is 2. The van der Waals surface area contributed by atoms with Gasteiger partial charge < -0.3 is 38.3 Å². The summed E-state index contributed by atoms with van der Waals surface area (Å²) in [5.74, 6) is -0.300. The number of nitrogens with one attached hydrogen (secondary N) is 3. The third-order valence-electron chi connectivity index (χ3n) is 11.0. The van der Waals surface area contributed by atoms with Crippen LogP contribution < -0.4 is 45.5 Å². The van der Waals surface area contributed by atoms with E-state index in [1.165, 1.54) is 43.9 Å². The van der Waals surface area contributed by atoms with Crippen LogP contribution in [0.2, 0.25) is 0 Å². The van der Waals surface area contributed by atoms with Crippen LogP contribution in [-0.4, -0.2) is 93.4 Å². The zero-order valence-electron chi connectivity index (χ0n) is 40.7. The van der Waals surface area contributed by atoms with Gasteiger partial charge in [0.1, 0.15) is 6.29 Å². The molecule has 13 nitrogen and oxygen atoms in total. The molecule has 0 atom stereocenters. The van der Waals surface area contributed by atoms with Gasteiger partial charge in [-0.1, -0.05) is 92.8 Å². The Morgan fingerprint density at radius 1 is 0.687 bits per heavy atom. The number of fused-ring (bicyclic) bond motifs is 4. The molecule has 373 valence electrons. The molecule has 2 saturated heterocycles. The molecule has 3 radical (unpaired) electrons. The molecule has 4 aliphatic rings. The molecule has 0 unspecified atom stereocenters. The van der Waals surface area contributed by atoms with Crippen LogP contribution in [0.1, 0.15) is 153 Å². The Morgan fingerprint density at radius 3 is 1.39 bits per heavy atom. The average Bonchev–Trinajstić information content (AvgIpc) is 3.47. The number of carbonyl (C=O) groups excluding carboxylic acids is 6. The van der Waals surface area contributed by atoms with E-state index < -0.39 is 17.9 Å². The van der Waals surface area contributed by atoms with Crippen LogP contribution in [-0.2, 0) is 54.0 Å². The average molecular weight is 987 g/mol. The molecular formula is C50H81BCl2N4NaO9. The number of piperidine rings is 2. The topological polar surface area (TPSA) is 169 Å². The maximum atomic E-state index is 12.0. The van der Waals surface area contributed by atoms with Crippen molar-refractivity contribution in [3.8, 4) is 0 Å². The third kappa shape index (κ3) is 28.3. The standard InChI is InChI=1S/C20H30N2O.C14H18N2O.C6H12O.C4H6O4.C2H3BO2.C2H4Cl2.2CH4.Na/c1-19(2,3)10-13-22-14-11-20(12-15-22)9-8-18(23)21-17-7-5-4-6-16(17)20;17-13-5-6-14(7-9-15-10-8-14)11-3-1-2-4-12(11)16-13;1-6(2,3)4-5-7;1-3(5)7-8-4(2)6;1-2(4)5-3;3-1-2-4;;;/h4-7H,8-15H2,1-3H3,(H,21,23);1-4,15H,5-10H2,(H,16,17);5H,4H2,1-3H3;1-2H3;1H3;1-2H2;2*1H4;/q;;;;-1;;;;+1. The largest absolute Gasteiger partial charge is 1.00 e. The Morgan fingerprint density at radius 2 is 1.07 bits per heavy atom. The summed E-state index contributed by atoms with van der Waals surface area (Å²) < 4.78 is 3.61. The van der Waals surface area contributed by atoms with E-state index in [9.17, 15) is 28.8 Å². The second-order valence-corrected chi connectivity index (χ2v) is 19.5. The predicted molar refractivity (Wildman–Crippen MR) is 270 cm³/mol. The molecule has 17 heteroatoms. The molecule has 4 aliphatic heterocycles. The Labute approximate surface area is 436 Å². The van der Waals surface area contributed by atoms with E-state index in [0.717, 1.165) is 83.4 Å². The normalized spacial score (nSPS) is 16.2. The zero-order chi connectivity index (χ0) is 48.4. The van der Waals surface area contributed by atoms with E-state index in [0.29, 0.717) is 36.4 Å². The van der Waals surface area contributed by atoms with Crippen molar-refractivity contribution in [1.82, 2.24) is 10.2 Å².